The molecule has 6 rings (SSSR count). The lowest BCUT2D eigenvalue weighted by molar-refractivity contribution is 0.112. The van der Waals surface area contributed by atoms with Crippen molar-refractivity contribution < 1.29 is 67.9 Å². The van der Waals surface area contributed by atoms with Gasteiger partial charge in [0, 0.05) is 33.0 Å². The highest BCUT2D eigenvalue weighted by molar-refractivity contribution is 6.91. The summed E-state index contributed by atoms with van der Waals surface area (Å²) in [5.41, 5.74) is 0. The van der Waals surface area contributed by atoms with Crippen LogP contribution in [-0.2, 0) is 67.9 Å². The maximum absolute atomic E-state index is 7.45. The number of rotatable bonds is 30. The molecule has 15 nitrogen and oxygen atoms in total. The number of hydrogen-bond acceptors (Lipinski definition) is 15. The van der Waals surface area contributed by atoms with E-state index in [2.05, 4.69) is 26.2 Å². The van der Waals surface area contributed by atoms with Gasteiger partial charge in [-0.15, -0.1) is 0 Å². The molecule has 0 aliphatic carbocycles. The summed E-state index contributed by atoms with van der Waals surface area (Å²) in [6.45, 7) is 19.1. The third-order valence-corrected chi connectivity index (χ3v) is 31.3. The first-order valence-electron chi connectivity index (χ1n) is 20.4. The van der Waals surface area contributed by atoms with Crippen molar-refractivity contribution in [2.24, 2.45) is 0 Å². The Morgan fingerprint density at radius 2 is 0.667 bits per heavy atom. The summed E-state index contributed by atoms with van der Waals surface area (Å²) in [7, 11) is -13.4. The van der Waals surface area contributed by atoms with Crippen molar-refractivity contribution in [1.82, 2.24) is 0 Å². The van der Waals surface area contributed by atoms with Crippen LogP contribution in [0.2, 0.25) is 56.4 Å². The second-order valence-electron chi connectivity index (χ2n) is 16.1. The molecule has 6 saturated heterocycles. The number of hydrogen-bond donors (Lipinski definition) is 0. The quantitative estimate of drug-likeness (QED) is 0.0583. The Bertz CT molecular complexity index is 1020. The molecule has 0 aromatic carbocycles. The fourth-order valence-electron chi connectivity index (χ4n) is 6.66. The van der Waals surface area contributed by atoms with Crippen molar-refractivity contribution in [1.29, 1.82) is 0 Å². The topological polar surface area (TPSA) is 155 Å². The van der Waals surface area contributed by atoms with E-state index in [9.17, 15) is 0 Å². The van der Waals surface area contributed by atoms with Crippen LogP contribution in [0.3, 0.4) is 0 Å². The van der Waals surface area contributed by atoms with Gasteiger partial charge in [0.1, 0.15) is 30.5 Å². The molecule has 20 heteroatoms. The second-order valence-corrected chi connectivity index (χ2v) is 32.5. The van der Waals surface area contributed by atoms with Crippen LogP contribution in [0, 0.1) is 0 Å². The van der Waals surface area contributed by atoms with E-state index in [1.165, 1.54) is 0 Å². The molecular weight excluding hydrogens is 789 g/mol. The zero-order valence-corrected chi connectivity index (χ0v) is 38.2. The molecule has 313 valence electrons. The molecule has 0 amide bonds. The Hall–Kier alpha value is 0.484. The first-order chi connectivity index (χ1) is 26.1. The van der Waals surface area contributed by atoms with Crippen LogP contribution < -0.4 is 0 Å². The highest BCUT2D eigenvalue weighted by Crippen LogP contribution is 2.37. The zero-order chi connectivity index (χ0) is 37.7. The second kappa shape index (κ2) is 21.7. The zero-order valence-electron chi connectivity index (χ0n) is 33.2. The molecule has 0 saturated carbocycles. The maximum atomic E-state index is 7.45. The van der Waals surface area contributed by atoms with Crippen LogP contribution in [0.15, 0.2) is 0 Å². The Kier molecular flexibility index (Phi) is 17.7. The third-order valence-electron chi connectivity index (χ3n) is 9.83. The lowest BCUT2D eigenvalue weighted by Gasteiger charge is -2.48. The van der Waals surface area contributed by atoms with Crippen LogP contribution in [0.4, 0.5) is 0 Å². The Labute approximate surface area is 328 Å². The van der Waals surface area contributed by atoms with E-state index in [4.69, 9.17) is 67.9 Å². The first-order valence-corrected chi connectivity index (χ1v) is 32.0. The summed E-state index contributed by atoms with van der Waals surface area (Å²) in [5, 5.41) is 0. The Balaban J connectivity index is 1.18. The van der Waals surface area contributed by atoms with Crippen molar-refractivity contribution in [3.8, 4) is 0 Å². The van der Waals surface area contributed by atoms with Crippen molar-refractivity contribution in [2.75, 3.05) is 99.1 Å². The van der Waals surface area contributed by atoms with E-state index in [0.717, 1.165) is 95.4 Å². The largest absolute Gasteiger partial charge is 0.416 e. The van der Waals surface area contributed by atoms with Gasteiger partial charge in [-0.05, 0) is 88.5 Å². The van der Waals surface area contributed by atoms with Crippen molar-refractivity contribution in [3.63, 3.8) is 0 Å². The summed E-state index contributed by atoms with van der Waals surface area (Å²) < 4.78 is 93.5. The average Bonchev–Trinajstić information content (AvgIpc) is 3.91. The maximum Gasteiger partial charge on any atom is 0.365 e. The minimum atomic E-state index is -2.90. The summed E-state index contributed by atoms with van der Waals surface area (Å²) >= 11 is 0. The van der Waals surface area contributed by atoms with E-state index in [0.29, 0.717) is 66.1 Å². The lowest BCUT2D eigenvalue weighted by atomic mass is 10.5. The van der Waals surface area contributed by atoms with Gasteiger partial charge in [0.2, 0.25) is 0 Å². The fraction of sp³-hybridized carbons (Fsp3) is 1.00. The van der Waals surface area contributed by atoms with Crippen molar-refractivity contribution >= 4 is 43.5 Å². The van der Waals surface area contributed by atoms with Gasteiger partial charge in [0.25, 0.3) is 0 Å². The molecule has 9 unspecified atom stereocenters. The van der Waals surface area contributed by atoms with E-state index in [-0.39, 0.29) is 30.5 Å². The van der Waals surface area contributed by atoms with Crippen LogP contribution in [0.1, 0.15) is 32.1 Å². The van der Waals surface area contributed by atoms with E-state index in [1.54, 1.807) is 0 Å². The van der Waals surface area contributed by atoms with Crippen LogP contribution in [0.25, 0.3) is 0 Å². The summed E-state index contributed by atoms with van der Waals surface area (Å²) in [4.78, 5) is 0. The predicted octanol–water partition coefficient (Wildman–Crippen LogP) is 3.89. The molecule has 0 aromatic heterocycles. The summed E-state index contributed by atoms with van der Waals surface area (Å²) in [6, 6.07) is 3.87. The number of epoxide rings is 5. The monoisotopic (exact) mass is 855 g/mol. The molecule has 6 aliphatic rings. The molecule has 0 aromatic rings. The minimum absolute atomic E-state index is 0.234. The Morgan fingerprint density at radius 3 is 0.963 bits per heavy atom. The van der Waals surface area contributed by atoms with Crippen molar-refractivity contribution in [3.05, 3.63) is 0 Å². The van der Waals surface area contributed by atoms with Crippen LogP contribution in [0.5, 0.6) is 0 Å². The van der Waals surface area contributed by atoms with E-state index >= 15 is 0 Å². The van der Waals surface area contributed by atoms with Gasteiger partial charge in [-0.3, -0.25) is 0 Å². The summed E-state index contributed by atoms with van der Waals surface area (Å²) in [5.74, 6) is 0. The van der Waals surface area contributed by atoms with Gasteiger partial charge in [0.15, 0.2) is 0 Å². The highest BCUT2D eigenvalue weighted by atomic mass is 28.5. The van der Waals surface area contributed by atoms with Gasteiger partial charge in [-0.2, -0.15) is 0 Å². The molecule has 6 fully saturated rings. The summed E-state index contributed by atoms with van der Waals surface area (Å²) in [6.07, 6.45) is 5.31. The predicted molar refractivity (Wildman–Crippen MR) is 208 cm³/mol. The van der Waals surface area contributed by atoms with Gasteiger partial charge in [-0.25, -0.2) is 0 Å². The van der Waals surface area contributed by atoms with E-state index < -0.39 is 43.5 Å². The van der Waals surface area contributed by atoms with Gasteiger partial charge < -0.3 is 67.9 Å². The molecule has 0 N–H and O–H groups in total. The highest BCUT2D eigenvalue weighted by Gasteiger charge is 2.54. The van der Waals surface area contributed by atoms with Gasteiger partial charge >= 0.3 is 43.5 Å². The first kappa shape index (κ1) is 44.0. The molecule has 9 atom stereocenters. The van der Waals surface area contributed by atoms with Gasteiger partial charge in [0.05, 0.1) is 66.1 Å². The molecular formula is C34H67O15Si5. The third kappa shape index (κ3) is 18.2. The smallest absolute Gasteiger partial charge is 0.365 e. The van der Waals surface area contributed by atoms with Crippen LogP contribution in [-0.4, -0.2) is 173 Å². The molecule has 6 heterocycles. The van der Waals surface area contributed by atoms with Crippen molar-refractivity contribution in [2.45, 2.75) is 119 Å². The molecule has 0 bridgehead atoms. The number of ether oxygens (including phenoxy) is 10. The Morgan fingerprint density at radius 1 is 0.407 bits per heavy atom. The van der Waals surface area contributed by atoms with Crippen LogP contribution >= 0.6 is 0 Å². The molecule has 54 heavy (non-hydrogen) atoms. The SMILES string of the molecule is C[Si]1(CCCOCC2CO2)O[Si](CCCOCC2CO2)O[Si](C)(CCCOCC2CO2)O[Si](C)(CCCOCC2CO2)O[Si](C)(CCCOCC2CO2)O1. The lowest BCUT2D eigenvalue weighted by Crippen LogP contribution is -2.64. The van der Waals surface area contributed by atoms with E-state index in [1.807, 2.05) is 0 Å². The van der Waals surface area contributed by atoms with Gasteiger partial charge in [-0.1, -0.05) is 0 Å². The molecule has 6 aliphatic heterocycles. The normalized spacial score (nSPS) is 37.7. The molecule has 1 radical (unpaired) electrons. The molecule has 0 spiro atoms. The minimum Gasteiger partial charge on any atom is -0.416 e. The standard InChI is InChI=1S/C34H67O15Si5/c1-51(16-6-11-36-21-31-26-41-31)45-50(15-5-10-35-20-30-25-40-30)46-52(2,17-7-12-37-22-32-27-42-32)48-54(4,19-9-14-39-24-34-29-44-34)49-53(3,47-51)18-8-13-38-23-33-28-43-33/h30-34H,5-29H2,1-4H3. The average molecular weight is 856 g/mol. The fourth-order valence-corrected chi connectivity index (χ4v) is 31.8.